The zero-order valence-electron chi connectivity index (χ0n) is 12.9. The summed E-state index contributed by atoms with van der Waals surface area (Å²) in [5.41, 5.74) is 6.34. The number of carbonyl (C=O) groups excluding carboxylic acids is 1. The van der Waals surface area contributed by atoms with Crippen molar-refractivity contribution in [1.29, 1.82) is 0 Å². The number of nitrogens with two attached hydrogens (primary N) is 1. The minimum atomic E-state index is -0.341. The number of rotatable bonds is 5. The normalized spacial score (nSPS) is 13.9. The zero-order chi connectivity index (χ0) is 16.8. The van der Waals surface area contributed by atoms with Crippen LogP contribution < -0.4 is 20.5 Å². The number of benzene rings is 1. The summed E-state index contributed by atoms with van der Waals surface area (Å²) in [6.07, 6.45) is 0.827. The zero-order valence-corrected chi connectivity index (χ0v) is 13.7. The lowest BCUT2D eigenvalue weighted by Crippen LogP contribution is -2.19. The Balaban J connectivity index is 1.53. The molecule has 0 saturated heterocycles. The van der Waals surface area contributed by atoms with Gasteiger partial charge in [-0.2, -0.15) is 0 Å². The summed E-state index contributed by atoms with van der Waals surface area (Å²) in [7, 11) is 0. The molecular formula is C16H17N3O4S. The molecule has 0 saturated carbocycles. The van der Waals surface area contributed by atoms with E-state index >= 15 is 0 Å². The fourth-order valence-electron chi connectivity index (χ4n) is 2.07. The van der Waals surface area contributed by atoms with Gasteiger partial charge in [-0.1, -0.05) is 11.2 Å². The van der Waals surface area contributed by atoms with Gasteiger partial charge < -0.3 is 25.4 Å². The summed E-state index contributed by atoms with van der Waals surface area (Å²) in [5, 5.41) is 8.33. The summed E-state index contributed by atoms with van der Waals surface area (Å²) in [4.78, 5) is 17.7. The van der Waals surface area contributed by atoms with Crippen LogP contribution in [0.4, 0.5) is 5.69 Å². The Kier molecular flexibility index (Phi) is 5.17. The van der Waals surface area contributed by atoms with Crippen LogP contribution in [0.5, 0.6) is 11.5 Å². The second-order valence-electron chi connectivity index (χ2n) is 4.99. The maximum Gasteiger partial charge on any atom is 0.265 e. The highest BCUT2D eigenvalue weighted by atomic mass is 32.1. The molecule has 3 rings (SSSR count). The van der Waals surface area contributed by atoms with E-state index in [1.54, 1.807) is 18.2 Å². The highest BCUT2D eigenvalue weighted by molar-refractivity contribution is 7.12. The number of ether oxygens (including phenoxy) is 2. The number of oxime groups is 1. The van der Waals surface area contributed by atoms with E-state index in [1.807, 2.05) is 17.5 Å². The number of fused-ring (bicyclic) bond motifs is 1. The molecule has 0 atom stereocenters. The fraction of sp³-hybridized carbons (Fsp3) is 0.250. The maximum absolute atomic E-state index is 11.9. The molecule has 2 aromatic rings. The van der Waals surface area contributed by atoms with E-state index < -0.39 is 0 Å². The highest BCUT2D eigenvalue weighted by Crippen LogP contribution is 2.32. The van der Waals surface area contributed by atoms with E-state index in [0.717, 1.165) is 11.3 Å². The predicted molar refractivity (Wildman–Crippen MR) is 91.7 cm³/mol. The van der Waals surface area contributed by atoms with Gasteiger partial charge in [0.05, 0.1) is 18.1 Å². The Morgan fingerprint density at radius 1 is 1.29 bits per heavy atom. The van der Waals surface area contributed by atoms with E-state index in [-0.39, 0.29) is 18.3 Å². The van der Waals surface area contributed by atoms with Crippen LogP contribution in [0, 0.1) is 0 Å². The Morgan fingerprint density at radius 3 is 2.92 bits per heavy atom. The summed E-state index contributed by atoms with van der Waals surface area (Å²) < 4.78 is 11.1. The van der Waals surface area contributed by atoms with Gasteiger partial charge in [0.2, 0.25) is 0 Å². The van der Waals surface area contributed by atoms with Crippen molar-refractivity contribution in [2.45, 2.75) is 6.42 Å². The van der Waals surface area contributed by atoms with Gasteiger partial charge >= 0.3 is 0 Å². The first-order chi connectivity index (χ1) is 11.7. The monoisotopic (exact) mass is 347 g/mol. The van der Waals surface area contributed by atoms with Crippen LogP contribution in [-0.4, -0.2) is 31.6 Å². The van der Waals surface area contributed by atoms with Crippen LogP contribution in [-0.2, 0) is 9.63 Å². The molecule has 1 amide bonds. The van der Waals surface area contributed by atoms with E-state index in [2.05, 4.69) is 10.5 Å². The average molecular weight is 347 g/mol. The number of hydrogen-bond acceptors (Lipinski definition) is 6. The summed E-state index contributed by atoms with van der Waals surface area (Å²) in [6, 6.07) is 8.92. The van der Waals surface area contributed by atoms with Gasteiger partial charge in [0.25, 0.3) is 5.91 Å². The van der Waals surface area contributed by atoms with E-state index in [9.17, 15) is 4.79 Å². The summed E-state index contributed by atoms with van der Waals surface area (Å²) in [6.45, 7) is 0.973. The first kappa shape index (κ1) is 16.1. The van der Waals surface area contributed by atoms with Gasteiger partial charge in [-0.3, -0.25) is 4.79 Å². The lowest BCUT2D eigenvalue weighted by atomic mass is 10.2. The molecule has 1 aliphatic heterocycles. The van der Waals surface area contributed by atoms with E-state index in [4.69, 9.17) is 20.0 Å². The third-order valence-corrected chi connectivity index (χ3v) is 4.06. The van der Waals surface area contributed by atoms with Crippen molar-refractivity contribution in [2.24, 2.45) is 10.9 Å². The maximum atomic E-state index is 11.9. The second-order valence-corrected chi connectivity index (χ2v) is 5.94. The Bertz CT molecular complexity index is 731. The number of nitrogens with one attached hydrogen (secondary N) is 1. The quantitative estimate of drug-likeness (QED) is 0.491. The number of thiophene rings is 1. The van der Waals surface area contributed by atoms with Gasteiger partial charge in [0.15, 0.2) is 23.9 Å². The molecule has 1 aliphatic rings. The van der Waals surface area contributed by atoms with Gasteiger partial charge in [-0.15, -0.1) is 11.3 Å². The molecule has 0 fully saturated rings. The van der Waals surface area contributed by atoms with E-state index in [0.29, 0.717) is 30.4 Å². The molecule has 0 bridgehead atoms. The van der Waals surface area contributed by atoms with Crippen LogP contribution >= 0.6 is 11.3 Å². The minimum absolute atomic E-state index is 0.236. The molecule has 2 heterocycles. The van der Waals surface area contributed by atoms with Crippen LogP contribution in [0.25, 0.3) is 0 Å². The van der Waals surface area contributed by atoms with Crippen LogP contribution in [0.15, 0.2) is 40.9 Å². The minimum Gasteiger partial charge on any atom is -0.490 e. The molecule has 1 aromatic carbocycles. The smallest absolute Gasteiger partial charge is 0.265 e. The average Bonchev–Trinajstić information content (AvgIpc) is 3.01. The molecule has 0 radical (unpaired) electrons. The molecule has 3 N–H and O–H groups in total. The standard InChI is InChI=1S/C16H17N3O4S/c17-16(14-3-1-8-24-14)19-23-10-15(20)18-11-4-5-12-13(9-11)22-7-2-6-21-12/h1,3-5,8-9H,2,6-7,10H2,(H2,17,19)(H,18,20). The first-order valence-electron chi connectivity index (χ1n) is 7.41. The van der Waals surface area contributed by atoms with Gasteiger partial charge in [-0.05, 0) is 23.6 Å². The van der Waals surface area contributed by atoms with Crippen molar-refractivity contribution in [3.05, 3.63) is 40.6 Å². The van der Waals surface area contributed by atoms with Crippen molar-refractivity contribution in [3.8, 4) is 11.5 Å². The second kappa shape index (κ2) is 7.69. The van der Waals surface area contributed by atoms with Crippen molar-refractivity contribution < 1.29 is 19.1 Å². The molecule has 0 unspecified atom stereocenters. The third-order valence-electron chi connectivity index (χ3n) is 3.16. The molecule has 7 nitrogen and oxygen atoms in total. The lowest BCUT2D eigenvalue weighted by molar-refractivity contribution is -0.120. The van der Waals surface area contributed by atoms with Gasteiger partial charge in [0.1, 0.15) is 0 Å². The summed E-state index contributed by atoms with van der Waals surface area (Å²) >= 11 is 1.45. The largest absolute Gasteiger partial charge is 0.490 e. The molecule has 24 heavy (non-hydrogen) atoms. The van der Waals surface area contributed by atoms with Crippen LogP contribution in [0.2, 0.25) is 0 Å². The number of nitrogens with zero attached hydrogens (tertiary/aromatic N) is 1. The molecule has 0 aliphatic carbocycles. The van der Waals surface area contributed by atoms with Gasteiger partial charge in [0, 0.05) is 18.2 Å². The van der Waals surface area contributed by atoms with Crippen LogP contribution in [0.1, 0.15) is 11.3 Å². The van der Waals surface area contributed by atoms with Crippen molar-refractivity contribution in [2.75, 3.05) is 25.1 Å². The Morgan fingerprint density at radius 2 is 2.12 bits per heavy atom. The topological polar surface area (TPSA) is 95.2 Å². The van der Waals surface area contributed by atoms with Crippen molar-refractivity contribution >= 4 is 28.8 Å². The lowest BCUT2D eigenvalue weighted by Gasteiger charge is -2.10. The number of anilines is 1. The Hall–Kier alpha value is -2.74. The fourth-order valence-corrected chi connectivity index (χ4v) is 2.69. The van der Waals surface area contributed by atoms with Crippen molar-refractivity contribution in [1.82, 2.24) is 0 Å². The summed E-state index contributed by atoms with van der Waals surface area (Å²) in [5.74, 6) is 1.20. The Labute approximate surface area is 143 Å². The van der Waals surface area contributed by atoms with Crippen LogP contribution in [0.3, 0.4) is 0 Å². The number of carbonyl (C=O) groups is 1. The predicted octanol–water partition coefficient (Wildman–Crippen LogP) is 2.18. The first-order valence-corrected chi connectivity index (χ1v) is 8.29. The number of hydrogen-bond donors (Lipinski definition) is 2. The molecular weight excluding hydrogens is 330 g/mol. The molecule has 0 spiro atoms. The van der Waals surface area contributed by atoms with E-state index in [1.165, 1.54) is 11.3 Å². The molecule has 1 aromatic heterocycles. The SMILES string of the molecule is N/C(=N/OCC(=O)Nc1ccc2c(c1)OCCCO2)c1cccs1. The molecule has 126 valence electrons. The number of amidine groups is 1. The molecule has 8 heteroatoms. The number of amides is 1. The third kappa shape index (κ3) is 4.17. The van der Waals surface area contributed by atoms with Crippen molar-refractivity contribution in [3.63, 3.8) is 0 Å². The highest BCUT2D eigenvalue weighted by Gasteiger charge is 2.12. The van der Waals surface area contributed by atoms with Gasteiger partial charge in [-0.25, -0.2) is 0 Å².